The summed E-state index contributed by atoms with van der Waals surface area (Å²) in [5.74, 6) is 0.917. The maximum Gasteiger partial charge on any atom is 0.221 e. The minimum atomic E-state index is -0.226. The lowest BCUT2D eigenvalue weighted by atomic mass is 9.75. The van der Waals surface area contributed by atoms with E-state index in [0.717, 1.165) is 32.1 Å². The summed E-state index contributed by atoms with van der Waals surface area (Å²) in [7, 11) is 0. The van der Waals surface area contributed by atoms with E-state index in [1.54, 1.807) is 0 Å². The molecule has 0 aromatic heterocycles. The summed E-state index contributed by atoms with van der Waals surface area (Å²) < 4.78 is 0. The summed E-state index contributed by atoms with van der Waals surface area (Å²) in [5, 5.41) is 12.2. The predicted octanol–water partition coefficient (Wildman–Crippen LogP) is 0.783. The summed E-state index contributed by atoms with van der Waals surface area (Å²) in [6.45, 7) is 0.960. The van der Waals surface area contributed by atoms with Gasteiger partial charge in [-0.1, -0.05) is 6.42 Å². The number of carbonyl (C=O) groups is 1. The molecular weight excluding hydrogens is 216 g/mol. The number of hydrogen-bond donors (Lipinski definition) is 3. The summed E-state index contributed by atoms with van der Waals surface area (Å²) in [5.41, 5.74) is 5.81. The van der Waals surface area contributed by atoms with Gasteiger partial charge in [-0.3, -0.25) is 4.79 Å². The number of hydrogen-bond acceptors (Lipinski definition) is 3. The van der Waals surface area contributed by atoms with Crippen LogP contribution in [0, 0.1) is 11.8 Å². The molecule has 2 aliphatic carbocycles. The first kappa shape index (κ1) is 12.8. The molecule has 0 radical (unpaired) electrons. The van der Waals surface area contributed by atoms with Gasteiger partial charge in [-0.15, -0.1) is 0 Å². The van der Waals surface area contributed by atoms with E-state index in [1.807, 2.05) is 0 Å². The van der Waals surface area contributed by atoms with Gasteiger partial charge in [-0.25, -0.2) is 0 Å². The standard InChI is InChI=1S/C13H24N2O2/c14-13(5-2-6-13)7-12(17)15-8-10-3-1-4-11(10)9-16/h10-11,16H,1-9,14H2,(H,15,17). The molecule has 2 rings (SSSR count). The molecule has 17 heavy (non-hydrogen) atoms. The minimum Gasteiger partial charge on any atom is -0.396 e. The number of aliphatic hydroxyl groups excluding tert-OH is 1. The summed E-state index contributed by atoms with van der Waals surface area (Å²) in [6.07, 6.45) is 6.96. The van der Waals surface area contributed by atoms with Crippen molar-refractivity contribution >= 4 is 5.91 Å². The first-order valence-corrected chi connectivity index (χ1v) is 6.79. The zero-order chi connectivity index (χ0) is 12.3. The Balaban J connectivity index is 1.68. The Morgan fingerprint density at radius 3 is 2.59 bits per heavy atom. The largest absolute Gasteiger partial charge is 0.396 e. The lowest BCUT2D eigenvalue weighted by Gasteiger charge is -2.37. The van der Waals surface area contributed by atoms with Crippen molar-refractivity contribution < 1.29 is 9.90 Å². The van der Waals surface area contributed by atoms with Crippen LogP contribution in [0.25, 0.3) is 0 Å². The second kappa shape index (κ2) is 5.36. The maximum atomic E-state index is 11.7. The average molecular weight is 240 g/mol. The molecule has 0 bridgehead atoms. The van der Waals surface area contributed by atoms with Gasteiger partial charge in [0, 0.05) is 25.1 Å². The molecule has 0 aromatic carbocycles. The molecule has 2 atom stereocenters. The third-order valence-corrected chi connectivity index (χ3v) is 4.47. The van der Waals surface area contributed by atoms with E-state index in [1.165, 1.54) is 6.42 Å². The molecule has 4 N–H and O–H groups in total. The average Bonchev–Trinajstić information content (AvgIpc) is 2.71. The minimum absolute atomic E-state index is 0.0794. The van der Waals surface area contributed by atoms with Crippen LogP contribution in [0.1, 0.15) is 44.9 Å². The third-order valence-electron chi connectivity index (χ3n) is 4.47. The number of aliphatic hydroxyl groups is 1. The van der Waals surface area contributed by atoms with E-state index < -0.39 is 0 Å². The van der Waals surface area contributed by atoms with Gasteiger partial charge in [0.05, 0.1) is 0 Å². The topological polar surface area (TPSA) is 75.4 Å². The molecule has 98 valence electrons. The Bertz CT molecular complexity index is 277. The Morgan fingerprint density at radius 1 is 1.29 bits per heavy atom. The number of carbonyl (C=O) groups excluding carboxylic acids is 1. The predicted molar refractivity (Wildman–Crippen MR) is 66.3 cm³/mol. The maximum absolute atomic E-state index is 11.7. The molecule has 0 aromatic rings. The van der Waals surface area contributed by atoms with Gasteiger partial charge in [-0.05, 0) is 43.9 Å². The van der Waals surface area contributed by atoms with Crippen LogP contribution in [-0.4, -0.2) is 29.7 Å². The monoisotopic (exact) mass is 240 g/mol. The first-order valence-electron chi connectivity index (χ1n) is 6.79. The van der Waals surface area contributed by atoms with Gasteiger partial charge in [-0.2, -0.15) is 0 Å². The summed E-state index contributed by atoms with van der Waals surface area (Å²) in [4.78, 5) is 11.7. The fraction of sp³-hybridized carbons (Fsp3) is 0.923. The highest BCUT2D eigenvalue weighted by Crippen LogP contribution is 2.33. The van der Waals surface area contributed by atoms with E-state index in [0.29, 0.717) is 24.8 Å². The van der Waals surface area contributed by atoms with Crippen molar-refractivity contribution in [2.45, 2.75) is 50.5 Å². The van der Waals surface area contributed by atoms with Crippen LogP contribution in [0.5, 0.6) is 0 Å². The summed E-state index contributed by atoms with van der Waals surface area (Å²) in [6, 6.07) is 0. The van der Waals surface area contributed by atoms with Crippen LogP contribution in [-0.2, 0) is 4.79 Å². The Kier molecular flexibility index (Phi) is 4.05. The van der Waals surface area contributed by atoms with E-state index in [9.17, 15) is 9.90 Å². The lowest BCUT2D eigenvalue weighted by molar-refractivity contribution is -0.123. The van der Waals surface area contributed by atoms with E-state index >= 15 is 0 Å². The molecule has 2 fully saturated rings. The van der Waals surface area contributed by atoms with Gasteiger partial charge in [0.25, 0.3) is 0 Å². The van der Waals surface area contributed by atoms with Gasteiger partial charge < -0.3 is 16.2 Å². The molecule has 0 heterocycles. The Hall–Kier alpha value is -0.610. The second-order valence-corrected chi connectivity index (χ2v) is 5.83. The highest BCUT2D eigenvalue weighted by Gasteiger charge is 2.35. The smallest absolute Gasteiger partial charge is 0.221 e. The van der Waals surface area contributed by atoms with Crippen LogP contribution < -0.4 is 11.1 Å². The fourth-order valence-corrected chi connectivity index (χ4v) is 3.06. The van der Waals surface area contributed by atoms with Crippen LogP contribution >= 0.6 is 0 Å². The highest BCUT2D eigenvalue weighted by molar-refractivity contribution is 5.77. The van der Waals surface area contributed by atoms with Crippen LogP contribution in [0.2, 0.25) is 0 Å². The van der Waals surface area contributed by atoms with Crippen molar-refractivity contribution in [3.8, 4) is 0 Å². The molecule has 2 saturated carbocycles. The first-order chi connectivity index (χ1) is 8.13. The fourth-order valence-electron chi connectivity index (χ4n) is 3.06. The Labute approximate surface area is 103 Å². The van der Waals surface area contributed by atoms with Crippen molar-refractivity contribution in [2.24, 2.45) is 17.6 Å². The molecule has 0 saturated heterocycles. The van der Waals surface area contributed by atoms with Gasteiger partial charge >= 0.3 is 0 Å². The zero-order valence-electron chi connectivity index (χ0n) is 10.5. The molecule has 2 aliphatic rings. The van der Waals surface area contributed by atoms with Gasteiger partial charge in [0.2, 0.25) is 5.91 Å². The normalized spacial score (nSPS) is 30.9. The number of nitrogens with one attached hydrogen (secondary N) is 1. The van der Waals surface area contributed by atoms with E-state index in [4.69, 9.17) is 5.73 Å². The van der Waals surface area contributed by atoms with Crippen LogP contribution in [0.4, 0.5) is 0 Å². The van der Waals surface area contributed by atoms with E-state index in [-0.39, 0.29) is 18.1 Å². The quantitative estimate of drug-likeness (QED) is 0.665. The second-order valence-electron chi connectivity index (χ2n) is 5.83. The number of rotatable bonds is 5. The molecule has 1 amide bonds. The van der Waals surface area contributed by atoms with Crippen molar-refractivity contribution in [3.63, 3.8) is 0 Å². The van der Waals surface area contributed by atoms with Crippen molar-refractivity contribution in [1.29, 1.82) is 0 Å². The summed E-state index contributed by atoms with van der Waals surface area (Å²) >= 11 is 0. The molecule has 0 aliphatic heterocycles. The third kappa shape index (κ3) is 3.19. The molecule has 0 spiro atoms. The van der Waals surface area contributed by atoms with E-state index in [2.05, 4.69) is 5.32 Å². The number of nitrogens with two attached hydrogens (primary N) is 1. The number of amides is 1. The van der Waals surface area contributed by atoms with Gasteiger partial charge in [0.15, 0.2) is 0 Å². The SMILES string of the molecule is NC1(CC(=O)NCC2CCCC2CO)CCC1. The zero-order valence-corrected chi connectivity index (χ0v) is 10.5. The lowest BCUT2D eigenvalue weighted by Crippen LogP contribution is -2.50. The molecule has 4 heteroatoms. The van der Waals surface area contributed by atoms with Crippen LogP contribution in [0.15, 0.2) is 0 Å². The van der Waals surface area contributed by atoms with Crippen molar-refractivity contribution in [2.75, 3.05) is 13.2 Å². The van der Waals surface area contributed by atoms with Crippen molar-refractivity contribution in [1.82, 2.24) is 5.32 Å². The molecular formula is C13H24N2O2. The molecule has 4 nitrogen and oxygen atoms in total. The van der Waals surface area contributed by atoms with Gasteiger partial charge in [0.1, 0.15) is 0 Å². The van der Waals surface area contributed by atoms with Crippen LogP contribution in [0.3, 0.4) is 0 Å². The Morgan fingerprint density at radius 2 is 2.00 bits per heavy atom. The van der Waals surface area contributed by atoms with Crippen molar-refractivity contribution in [3.05, 3.63) is 0 Å². The highest BCUT2D eigenvalue weighted by atomic mass is 16.3. The molecule has 2 unspecified atom stereocenters.